The maximum Gasteiger partial charge on any atom is 0.271 e. The van der Waals surface area contributed by atoms with Crippen molar-refractivity contribution in [2.24, 2.45) is 5.16 Å². The quantitative estimate of drug-likeness (QED) is 0.852. The number of oxime groups is 1. The van der Waals surface area contributed by atoms with E-state index < -0.39 is 0 Å². The van der Waals surface area contributed by atoms with Gasteiger partial charge in [-0.1, -0.05) is 35.5 Å². The minimum absolute atomic E-state index is 0.0741. The smallest absolute Gasteiger partial charge is 0.271 e. The minimum atomic E-state index is -0.160. The van der Waals surface area contributed by atoms with Crippen LogP contribution in [0.5, 0.6) is 0 Å². The Bertz CT molecular complexity index is 655. The molecule has 0 radical (unpaired) electrons. The van der Waals surface area contributed by atoms with Crippen molar-refractivity contribution < 1.29 is 9.63 Å². The highest BCUT2D eigenvalue weighted by Crippen LogP contribution is 2.27. The van der Waals surface area contributed by atoms with Crippen LogP contribution in [0.25, 0.3) is 0 Å². The van der Waals surface area contributed by atoms with Gasteiger partial charge in [-0.3, -0.25) is 4.79 Å². The summed E-state index contributed by atoms with van der Waals surface area (Å²) in [7, 11) is 1.79. The van der Waals surface area contributed by atoms with Gasteiger partial charge in [-0.05, 0) is 5.56 Å². The molecule has 1 aromatic heterocycles. The van der Waals surface area contributed by atoms with Crippen molar-refractivity contribution in [1.29, 1.82) is 0 Å². The maximum atomic E-state index is 12.4. The molecule has 1 aromatic carbocycles. The summed E-state index contributed by atoms with van der Waals surface area (Å²) < 4.78 is 0. The van der Waals surface area contributed by atoms with Gasteiger partial charge in [0.15, 0.2) is 6.10 Å². The van der Waals surface area contributed by atoms with Crippen LogP contribution in [0.4, 0.5) is 0 Å². The van der Waals surface area contributed by atoms with E-state index in [2.05, 4.69) is 10.1 Å². The minimum Gasteiger partial charge on any atom is -0.387 e. The number of benzene rings is 1. The van der Waals surface area contributed by atoms with Gasteiger partial charge in [-0.15, -0.1) is 11.3 Å². The molecule has 5 nitrogen and oxygen atoms in total. The third kappa shape index (κ3) is 3.33. The number of likely N-dealkylation sites (N-methyl/N-ethyl adjacent to an activating group) is 1. The fourth-order valence-corrected chi connectivity index (χ4v) is 2.92. The van der Waals surface area contributed by atoms with Crippen molar-refractivity contribution in [3.05, 3.63) is 52.5 Å². The predicted octanol–water partition coefficient (Wildman–Crippen LogP) is 2.66. The highest BCUT2D eigenvalue weighted by molar-refractivity contribution is 7.09. The number of hydrogen-bond donors (Lipinski definition) is 0. The monoisotopic (exact) mass is 315 g/mol. The molecule has 0 bridgehead atoms. The Morgan fingerprint density at radius 3 is 2.95 bits per heavy atom. The van der Waals surface area contributed by atoms with Crippen molar-refractivity contribution in [2.75, 3.05) is 13.6 Å². The van der Waals surface area contributed by atoms with Gasteiger partial charge in [0.2, 0.25) is 0 Å². The van der Waals surface area contributed by atoms with Crippen LogP contribution in [0.15, 0.2) is 47.1 Å². The lowest BCUT2D eigenvalue weighted by Crippen LogP contribution is -2.34. The van der Waals surface area contributed by atoms with Crippen molar-refractivity contribution >= 4 is 23.0 Å². The second-order valence-electron chi connectivity index (χ2n) is 5.15. The zero-order chi connectivity index (χ0) is 15.4. The van der Waals surface area contributed by atoms with Gasteiger partial charge in [0.05, 0.1) is 5.01 Å². The molecular weight excluding hydrogens is 298 g/mol. The predicted molar refractivity (Wildman–Crippen MR) is 85.8 cm³/mol. The van der Waals surface area contributed by atoms with Crippen molar-refractivity contribution in [3.8, 4) is 0 Å². The number of rotatable bonds is 5. The third-order valence-electron chi connectivity index (χ3n) is 3.58. The van der Waals surface area contributed by atoms with Crippen molar-refractivity contribution in [2.45, 2.75) is 18.9 Å². The van der Waals surface area contributed by atoms with Gasteiger partial charge in [0.1, 0.15) is 5.71 Å². The molecule has 2 aromatic rings. The molecule has 0 fully saturated rings. The van der Waals surface area contributed by atoms with E-state index in [4.69, 9.17) is 4.84 Å². The molecule has 1 amide bonds. The summed E-state index contributed by atoms with van der Waals surface area (Å²) >= 11 is 1.60. The number of thiazole rings is 1. The topological polar surface area (TPSA) is 54.8 Å². The van der Waals surface area contributed by atoms with E-state index in [0.29, 0.717) is 18.7 Å². The largest absolute Gasteiger partial charge is 0.387 e. The molecule has 1 aliphatic heterocycles. The zero-order valence-electron chi connectivity index (χ0n) is 12.3. The number of carbonyl (C=O) groups excluding carboxylic acids is 1. The van der Waals surface area contributed by atoms with E-state index in [9.17, 15) is 4.79 Å². The molecule has 6 heteroatoms. The van der Waals surface area contributed by atoms with Gasteiger partial charge in [0, 0.05) is 38.0 Å². The van der Waals surface area contributed by atoms with Crippen LogP contribution in [0, 0.1) is 0 Å². The molecule has 22 heavy (non-hydrogen) atoms. The van der Waals surface area contributed by atoms with Gasteiger partial charge in [-0.25, -0.2) is 4.98 Å². The molecule has 1 atom stereocenters. The first-order valence-electron chi connectivity index (χ1n) is 7.15. The lowest BCUT2D eigenvalue weighted by atomic mass is 10.0. The Kier molecular flexibility index (Phi) is 4.48. The van der Waals surface area contributed by atoms with Gasteiger partial charge < -0.3 is 9.74 Å². The normalized spacial score (nSPS) is 17.0. The third-order valence-corrected chi connectivity index (χ3v) is 4.42. The number of aromatic nitrogens is 1. The average Bonchev–Trinajstić information content (AvgIpc) is 3.24. The second-order valence-corrected chi connectivity index (χ2v) is 6.13. The summed E-state index contributed by atoms with van der Waals surface area (Å²) in [6.07, 6.45) is 2.90. The van der Waals surface area contributed by atoms with E-state index in [1.54, 1.807) is 29.5 Å². The molecule has 1 aliphatic rings. The van der Waals surface area contributed by atoms with Crippen LogP contribution < -0.4 is 0 Å². The molecule has 0 unspecified atom stereocenters. The molecule has 0 spiro atoms. The van der Waals surface area contributed by atoms with Gasteiger partial charge in [0.25, 0.3) is 5.91 Å². The van der Waals surface area contributed by atoms with Crippen LogP contribution in [0.2, 0.25) is 0 Å². The van der Waals surface area contributed by atoms with Crippen LogP contribution in [0.3, 0.4) is 0 Å². The zero-order valence-corrected chi connectivity index (χ0v) is 13.1. The number of carbonyl (C=O) groups is 1. The highest BCUT2D eigenvalue weighted by Gasteiger charge is 2.28. The van der Waals surface area contributed by atoms with E-state index in [0.717, 1.165) is 17.0 Å². The molecule has 114 valence electrons. The second kappa shape index (κ2) is 6.70. The Labute approximate surface area is 133 Å². The Morgan fingerprint density at radius 2 is 2.23 bits per heavy atom. The lowest BCUT2D eigenvalue weighted by molar-refractivity contribution is -0.123. The summed E-state index contributed by atoms with van der Waals surface area (Å²) in [5, 5.41) is 6.95. The van der Waals surface area contributed by atoms with E-state index in [1.165, 1.54) is 0 Å². The molecule has 0 N–H and O–H groups in total. The lowest BCUT2D eigenvalue weighted by Gasteiger charge is -2.15. The molecule has 3 rings (SSSR count). The first-order valence-corrected chi connectivity index (χ1v) is 8.03. The molecule has 0 aliphatic carbocycles. The Balaban J connectivity index is 1.54. The van der Waals surface area contributed by atoms with Crippen molar-refractivity contribution in [1.82, 2.24) is 9.88 Å². The Hall–Kier alpha value is -2.21. The fraction of sp³-hybridized carbons (Fsp3) is 0.312. The van der Waals surface area contributed by atoms with E-state index in [1.807, 2.05) is 35.7 Å². The SMILES string of the molecule is CN(CCc1nccs1)C(=O)C1=NO[C@H](c2ccccc2)C1. The highest BCUT2D eigenvalue weighted by atomic mass is 32.1. The average molecular weight is 315 g/mol. The standard InChI is InChI=1S/C16H17N3O2S/c1-19(9-7-15-17-8-10-22-15)16(20)13-11-14(21-18-13)12-5-3-2-4-6-12/h2-6,8,10,14H,7,9,11H2,1H3/t14-/m0/s1. The summed E-state index contributed by atoms with van der Waals surface area (Å²) in [6.45, 7) is 0.626. The number of nitrogens with zero attached hydrogens (tertiary/aromatic N) is 3. The Morgan fingerprint density at radius 1 is 1.41 bits per heavy atom. The summed E-state index contributed by atoms with van der Waals surface area (Å²) in [6, 6.07) is 9.84. The van der Waals surface area contributed by atoms with E-state index >= 15 is 0 Å². The van der Waals surface area contributed by atoms with Crippen LogP contribution >= 0.6 is 11.3 Å². The summed E-state index contributed by atoms with van der Waals surface area (Å²) in [5.74, 6) is -0.0741. The van der Waals surface area contributed by atoms with E-state index in [-0.39, 0.29) is 12.0 Å². The number of amides is 1. The molecule has 2 heterocycles. The molecular formula is C16H17N3O2S. The first kappa shape index (κ1) is 14.7. The summed E-state index contributed by atoms with van der Waals surface area (Å²) in [5.41, 5.74) is 1.52. The first-order chi connectivity index (χ1) is 10.7. The molecule has 0 saturated carbocycles. The van der Waals surface area contributed by atoms with Gasteiger partial charge in [-0.2, -0.15) is 0 Å². The van der Waals surface area contributed by atoms with Gasteiger partial charge >= 0.3 is 0 Å². The maximum absolute atomic E-state index is 12.4. The number of hydrogen-bond acceptors (Lipinski definition) is 5. The fourth-order valence-electron chi connectivity index (χ4n) is 2.31. The van der Waals surface area contributed by atoms with Crippen LogP contribution in [-0.4, -0.2) is 35.1 Å². The summed E-state index contributed by atoms with van der Waals surface area (Å²) in [4.78, 5) is 23.7. The van der Waals surface area contributed by atoms with Crippen LogP contribution in [0.1, 0.15) is 23.1 Å². The van der Waals surface area contributed by atoms with Crippen molar-refractivity contribution in [3.63, 3.8) is 0 Å². The molecule has 0 saturated heterocycles. The van der Waals surface area contributed by atoms with Crippen LogP contribution in [-0.2, 0) is 16.1 Å².